The SMILES string of the molecule is CCOC(=O)C1CCN(C(=O)CSc2nnc(N3CCCC3)n2C2CC2)CC1. The molecule has 1 aromatic heterocycles. The number of aromatic nitrogens is 3. The number of carbonyl (C=O) groups excluding carboxylic acids is 2. The highest BCUT2D eigenvalue weighted by Gasteiger charge is 2.33. The number of anilines is 1. The molecule has 3 heterocycles. The van der Waals surface area contributed by atoms with E-state index in [4.69, 9.17) is 4.74 Å². The maximum atomic E-state index is 12.7. The Labute approximate surface area is 170 Å². The number of rotatable bonds is 7. The second-order valence-electron chi connectivity index (χ2n) is 7.77. The first-order valence-electron chi connectivity index (χ1n) is 10.4. The molecule has 1 aromatic rings. The van der Waals surface area contributed by atoms with Gasteiger partial charge in [-0.05, 0) is 45.4 Å². The average Bonchev–Trinajstić information content (AvgIpc) is 3.23. The fourth-order valence-electron chi connectivity index (χ4n) is 4.00. The Kier molecular flexibility index (Phi) is 6.08. The highest BCUT2D eigenvalue weighted by Crippen LogP contribution is 2.41. The largest absolute Gasteiger partial charge is 0.466 e. The molecule has 9 heteroatoms. The van der Waals surface area contributed by atoms with Crippen molar-refractivity contribution in [2.75, 3.05) is 43.4 Å². The van der Waals surface area contributed by atoms with Gasteiger partial charge in [-0.3, -0.25) is 14.2 Å². The summed E-state index contributed by atoms with van der Waals surface area (Å²) in [6, 6.07) is 0.489. The molecule has 0 atom stereocenters. The molecule has 8 nitrogen and oxygen atoms in total. The van der Waals surface area contributed by atoms with Gasteiger partial charge < -0.3 is 14.5 Å². The molecular weight excluding hydrogens is 378 g/mol. The van der Waals surface area contributed by atoms with Crippen LogP contribution in [-0.4, -0.2) is 70.1 Å². The second-order valence-corrected chi connectivity index (χ2v) is 8.72. The zero-order valence-corrected chi connectivity index (χ0v) is 17.3. The fraction of sp³-hybridized carbons (Fsp3) is 0.789. The summed E-state index contributed by atoms with van der Waals surface area (Å²) in [5, 5.41) is 9.70. The standard InChI is InChI=1S/C19H29N5O3S/c1-2-27-17(26)14-7-11-22(12-8-14)16(25)13-28-19-21-20-18(23-9-3-4-10-23)24(19)15-5-6-15/h14-15H,2-13H2,1H3. The van der Waals surface area contributed by atoms with Crippen LogP contribution in [-0.2, 0) is 14.3 Å². The van der Waals surface area contributed by atoms with E-state index in [0.29, 0.717) is 44.3 Å². The van der Waals surface area contributed by atoms with Crippen molar-refractivity contribution in [2.45, 2.75) is 56.6 Å². The summed E-state index contributed by atoms with van der Waals surface area (Å²) in [6.45, 7) is 5.57. The van der Waals surface area contributed by atoms with Gasteiger partial charge in [0, 0.05) is 32.2 Å². The summed E-state index contributed by atoms with van der Waals surface area (Å²) < 4.78 is 7.35. The van der Waals surface area contributed by atoms with Gasteiger partial charge in [0.05, 0.1) is 18.3 Å². The molecule has 3 fully saturated rings. The number of likely N-dealkylation sites (tertiary alicyclic amines) is 1. The van der Waals surface area contributed by atoms with Crippen LogP contribution in [0.5, 0.6) is 0 Å². The van der Waals surface area contributed by atoms with Crippen molar-refractivity contribution in [3.05, 3.63) is 0 Å². The normalized spacial score (nSPS) is 20.6. The molecule has 3 aliphatic rings. The maximum Gasteiger partial charge on any atom is 0.309 e. The van der Waals surface area contributed by atoms with Crippen LogP contribution >= 0.6 is 11.8 Å². The molecule has 1 saturated carbocycles. The van der Waals surface area contributed by atoms with E-state index < -0.39 is 0 Å². The van der Waals surface area contributed by atoms with E-state index in [0.717, 1.165) is 24.2 Å². The third-order valence-corrected chi connectivity index (χ3v) is 6.67. The minimum atomic E-state index is -0.129. The molecule has 0 radical (unpaired) electrons. The minimum absolute atomic E-state index is 0.0716. The van der Waals surface area contributed by atoms with Crippen LogP contribution in [0, 0.1) is 5.92 Å². The molecule has 2 aliphatic heterocycles. The maximum absolute atomic E-state index is 12.7. The Morgan fingerprint density at radius 2 is 1.79 bits per heavy atom. The number of ether oxygens (including phenoxy) is 1. The first-order valence-corrected chi connectivity index (χ1v) is 11.4. The summed E-state index contributed by atoms with van der Waals surface area (Å²) in [6.07, 6.45) is 6.13. The lowest BCUT2D eigenvalue weighted by atomic mass is 9.97. The molecule has 0 aromatic carbocycles. The zero-order valence-electron chi connectivity index (χ0n) is 16.5. The molecular formula is C19H29N5O3S. The molecule has 154 valence electrons. The second kappa shape index (κ2) is 8.71. The van der Waals surface area contributed by atoms with E-state index in [9.17, 15) is 9.59 Å². The van der Waals surface area contributed by atoms with Crippen LogP contribution in [0.25, 0.3) is 0 Å². The van der Waals surface area contributed by atoms with Crippen molar-refractivity contribution < 1.29 is 14.3 Å². The van der Waals surface area contributed by atoms with Gasteiger partial charge in [0.25, 0.3) is 0 Å². The fourth-order valence-corrected chi connectivity index (χ4v) is 4.90. The molecule has 1 aliphatic carbocycles. The van der Waals surface area contributed by atoms with E-state index in [1.165, 1.54) is 37.4 Å². The molecule has 28 heavy (non-hydrogen) atoms. The van der Waals surface area contributed by atoms with Gasteiger partial charge in [-0.1, -0.05) is 11.8 Å². The van der Waals surface area contributed by atoms with E-state index >= 15 is 0 Å². The summed E-state index contributed by atoms with van der Waals surface area (Å²) in [5.41, 5.74) is 0. The van der Waals surface area contributed by atoms with E-state index in [2.05, 4.69) is 19.7 Å². The third kappa shape index (κ3) is 4.29. The van der Waals surface area contributed by atoms with Gasteiger partial charge in [0.15, 0.2) is 5.16 Å². The smallest absolute Gasteiger partial charge is 0.309 e. The summed E-state index contributed by atoms with van der Waals surface area (Å²) in [7, 11) is 0. The van der Waals surface area contributed by atoms with Crippen LogP contribution in [0.15, 0.2) is 5.16 Å². The number of esters is 1. The average molecular weight is 408 g/mol. The molecule has 0 spiro atoms. The van der Waals surface area contributed by atoms with Crippen LogP contribution in [0.4, 0.5) is 5.95 Å². The summed E-state index contributed by atoms with van der Waals surface area (Å²) in [5.74, 6) is 1.26. The van der Waals surface area contributed by atoms with E-state index in [-0.39, 0.29) is 17.8 Å². The number of thioether (sulfide) groups is 1. The molecule has 0 unspecified atom stereocenters. The number of carbonyl (C=O) groups is 2. The first-order chi connectivity index (χ1) is 13.7. The minimum Gasteiger partial charge on any atom is -0.466 e. The van der Waals surface area contributed by atoms with Crippen molar-refractivity contribution in [2.24, 2.45) is 5.92 Å². The van der Waals surface area contributed by atoms with Gasteiger partial charge in [-0.15, -0.1) is 10.2 Å². The van der Waals surface area contributed by atoms with Crippen LogP contribution in [0.3, 0.4) is 0 Å². The Balaban J connectivity index is 1.31. The van der Waals surface area contributed by atoms with Gasteiger partial charge >= 0.3 is 5.97 Å². The highest BCUT2D eigenvalue weighted by molar-refractivity contribution is 7.99. The number of amides is 1. The molecule has 0 bridgehead atoms. The van der Waals surface area contributed by atoms with Crippen molar-refractivity contribution >= 4 is 29.6 Å². The lowest BCUT2D eigenvalue weighted by molar-refractivity contribution is -0.151. The number of hydrogen-bond acceptors (Lipinski definition) is 7. The molecule has 0 N–H and O–H groups in total. The predicted molar refractivity (Wildman–Crippen MR) is 106 cm³/mol. The van der Waals surface area contributed by atoms with Gasteiger partial charge in [0.1, 0.15) is 0 Å². The lowest BCUT2D eigenvalue weighted by Crippen LogP contribution is -2.41. The Morgan fingerprint density at radius 3 is 2.43 bits per heavy atom. The quantitative estimate of drug-likeness (QED) is 0.506. The molecule has 1 amide bonds. The Hall–Kier alpha value is -1.77. The van der Waals surface area contributed by atoms with E-state index in [1.54, 1.807) is 0 Å². The summed E-state index contributed by atoms with van der Waals surface area (Å²) in [4.78, 5) is 28.7. The van der Waals surface area contributed by atoms with Gasteiger partial charge in [0.2, 0.25) is 11.9 Å². The number of piperidine rings is 1. The molecule has 2 saturated heterocycles. The zero-order chi connectivity index (χ0) is 19.5. The first kappa shape index (κ1) is 19.5. The Morgan fingerprint density at radius 1 is 1.07 bits per heavy atom. The van der Waals surface area contributed by atoms with Crippen molar-refractivity contribution in [1.29, 1.82) is 0 Å². The Bertz CT molecular complexity index is 706. The van der Waals surface area contributed by atoms with E-state index in [1.807, 2.05) is 11.8 Å². The highest BCUT2D eigenvalue weighted by atomic mass is 32.2. The third-order valence-electron chi connectivity index (χ3n) is 5.74. The van der Waals surface area contributed by atoms with Crippen LogP contribution in [0.1, 0.15) is 51.5 Å². The topological polar surface area (TPSA) is 80.6 Å². The number of hydrogen-bond donors (Lipinski definition) is 0. The molecule has 4 rings (SSSR count). The van der Waals surface area contributed by atoms with Crippen LogP contribution in [0.2, 0.25) is 0 Å². The van der Waals surface area contributed by atoms with Gasteiger partial charge in [-0.2, -0.15) is 0 Å². The van der Waals surface area contributed by atoms with Crippen molar-refractivity contribution in [3.63, 3.8) is 0 Å². The van der Waals surface area contributed by atoms with Gasteiger partial charge in [-0.25, -0.2) is 0 Å². The monoisotopic (exact) mass is 407 g/mol. The van der Waals surface area contributed by atoms with Crippen molar-refractivity contribution in [3.8, 4) is 0 Å². The van der Waals surface area contributed by atoms with Crippen LogP contribution < -0.4 is 4.90 Å². The lowest BCUT2D eigenvalue weighted by Gasteiger charge is -2.30. The summed E-state index contributed by atoms with van der Waals surface area (Å²) >= 11 is 1.49. The van der Waals surface area contributed by atoms with Crippen molar-refractivity contribution in [1.82, 2.24) is 19.7 Å². The number of nitrogens with zero attached hydrogens (tertiary/aromatic N) is 5. The predicted octanol–water partition coefficient (Wildman–Crippen LogP) is 2.11.